The van der Waals surface area contributed by atoms with E-state index in [1.165, 1.54) is 9.75 Å². The van der Waals surface area contributed by atoms with E-state index >= 15 is 0 Å². The molecule has 2 rings (SSSR count). The third kappa shape index (κ3) is 3.35. The van der Waals surface area contributed by atoms with Crippen molar-refractivity contribution < 1.29 is 0 Å². The maximum Gasteiger partial charge on any atom is 0.0931 e. The topological polar surface area (TPSA) is 12.0 Å². The van der Waals surface area contributed by atoms with E-state index < -0.39 is 0 Å². The molecule has 0 aliphatic carbocycles. The largest absolute Gasteiger partial charge is 0.302 e. The molecule has 0 radical (unpaired) electrons. The van der Waals surface area contributed by atoms with E-state index in [4.69, 9.17) is 11.6 Å². The fraction of sp³-hybridized carbons (Fsp3) is 0.429. The molecule has 2 unspecified atom stereocenters. The number of nitrogens with one attached hydrogen (secondary N) is 1. The number of halogens is 1. The van der Waals surface area contributed by atoms with Crippen LogP contribution in [0.2, 0.25) is 4.34 Å². The van der Waals surface area contributed by atoms with Crippen LogP contribution >= 0.6 is 34.3 Å². The minimum atomic E-state index is 0.264. The molecule has 0 bridgehead atoms. The Labute approximate surface area is 122 Å². The van der Waals surface area contributed by atoms with Gasteiger partial charge in [-0.25, -0.2) is 0 Å². The Kier molecular flexibility index (Phi) is 4.84. The first kappa shape index (κ1) is 14.1. The molecule has 2 aromatic heterocycles. The van der Waals surface area contributed by atoms with Crippen LogP contribution in [0.1, 0.15) is 36.6 Å². The SMILES string of the molecule is CC(C)C(C)NC(c1cccs1)c1ccc(Cl)s1. The lowest BCUT2D eigenvalue weighted by molar-refractivity contribution is 0.404. The second kappa shape index (κ2) is 6.20. The van der Waals surface area contributed by atoms with E-state index in [-0.39, 0.29) is 6.04 Å². The summed E-state index contributed by atoms with van der Waals surface area (Å²) in [7, 11) is 0. The van der Waals surface area contributed by atoms with Gasteiger partial charge in [-0.3, -0.25) is 0 Å². The van der Waals surface area contributed by atoms with Crippen molar-refractivity contribution in [3.8, 4) is 0 Å². The average molecular weight is 300 g/mol. The quantitative estimate of drug-likeness (QED) is 0.801. The van der Waals surface area contributed by atoms with E-state index in [1.54, 1.807) is 22.7 Å². The van der Waals surface area contributed by atoms with Crippen LogP contribution in [0.4, 0.5) is 0 Å². The zero-order valence-corrected chi connectivity index (χ0v) is 13.2. The van der Waals surface area contributed by atoms with Gasteiger partial charge in [0.05, 0.1) is 10.4 Å². The zero-order valence-electron chi connectivity index (χ0n) is 10.8. The maximum absolute atomic E-state index is 6.06. The van der Waals surface area contributed by atoms with Crippen molar-refractivity contribution in [2.75, 3.05) is 0 Å². The summed E-state index contributed by atoms with van der Waals surface area (Å²) < 4.78 is 0.852. The van der Waals surface area contributed by atoms with Crippen molar-refractivity contribution in [1.29, 1.82) is 0 Å². The van der Waals surface area contributed by atoms with Gasteiger partial charge < -0.3 is 5.32 Å². The van der Waals surface area contributed by atoms with E-state index in [1.807, 2.05) is 6.07 Å². The second-order valence-electron chi connectivity index (χ2n) is 4.79. The Morgan fingerprint density at radius 3 is 2.39 bits per heavy atom. The molecule has 0 aromatic carbocycles. The van der Waals surface area contributed by atoms with Gasteiger partial charge in [0, 0.05) is 15.8 Å². The Bertz CT molecular complexity index is 476. The van der Waals surface area contributed by atoms with Crippen molar-refractivity contribution in [2.24, 2.45) is 5.92 Å². The molecule has 0 aliphatic rings. The lowest BCUT2D eigenvalue weighted by atomic mass is 10.0. The van der Waals surface area contributed by atoms with Crippen molar-refractivity contribution in [1.82, 2.24) is 5.32 Å². The third-order valence-electron chi connectivity index (χ3n) is 3.14. The van der Waals surface area contributed by atoms with Crippen LogP contribution in [0.5, 0.6) is 0 Å². The molecule has 0 amide bonds. The molecule has 1 nitrogen and oxygen atoms in total. The highest BCUT2D eigenvalue weighted by Crippen LogP contribution is 2.33. The molecule has 4 heteroatoms. The molecule has 18 heavy (non-hydrogen) atoms. The smallest absolute Gasteiger partial charge is 0.0931 e. The first-order valence-electron chi connectivity index (χ1n) is 6.12. The van der Waals surface area contributed by atoms with Crippen LogP contribution in [0.25, 0.3) is 0 Å². The van der Waals surface area contributed by atoms with Crippen LogP contribution in [0, 0.1) is 5.92 Å². The summed E-state index contributed by atoms with van der Waals surface area (Å²) in [6, 6.07) is 9.12. The molecule has 0 spiro atoms. The summed E-state index contributed by atoms with van der Waals surface area (Å²) in [4.78, 5) is 2.64. The monoisotopic (exact) mass is 299 g/mol. The van der Waals surface area contributed by atoms with Crippen LogP contribution in [0.15, 0.2) is 29.6 Å². The lowest BCUT2D eigenvalue weighted by Gasteiger charge is -2.24. The second-order valence-corrected chi connectivity index (χ2v) is 7.52. The van der Waals surface area contributed by atoms with Crippen molar-refractivity contribution in [3.63, 3.8) is 0 Å². The van der Waals surface area contributed by atoms with Gasteiger partial charge in [-0.15, -0.1) is 22.7 Å². The van der Waals surface area contributed by atoms with Crippen LogP contribution in [0.3, 0.4) is 0 Å². The molecule has 2 atom stereocenters. The van der Waals surface area contributed by atoms with Crippen LogP contribution < -0.4 is 5.32 Å². The molecule has 2 heterocycles. The molecule has 0 saturated carbocycles. The molecular weight excluding hydrogens is 282 g/mol. The van der Waals surface area contributed by atoms with Gasteiger partial charge in [0.15, 0.2) is 0 Å². The van der Waals surface area contributed by atoms with Gasteiger partial charge in [0.1, 0.15) is 0 Å². The first-order valence-corrected chi connectivity index (χ1v) is 8.20. The predicted octanol–water partition coefficient (Wildman–Crippen LogP) is 5.19. The molecule has 0 aliphatic heterocycles. The average Bonchev–Trinajstić information content (AvgIpc) is 2.96. The van der Waals surface area contributed by atoms with E-state index in [2.05, 4.69) is 49.7 Å². The molecule has 0 saturated heterocycles. The van der Waals surface area contributed by atoms with Crippen molar-refractivity contribution in [3.05, 3.63) is 43.7 Å². The molecule has 98 valence electrons. The van der Waals surface area contributed by atoms with Gasteiger partial charge >= 0.3 is 0 Å². The summed E-state index contributed by atoms with van der Waals surface area (Å²) in [6.07, 6.45) is 0. The van der Waals surface area contributed by atoms with Gasteiger partial charge in [-0.1, -0.05) is 31.5 Å². The highest BCUT2D eigenvalue weighted by molar-refractivity contribution is 7.16. The standard InChI is InChI=1S/C14H18ClNS2/c1-9(2)10(3)16-14(11-5-4-8-17-11)12-6-7-13(15)18-12/h4-10,14,16H,1-3H3. The fourth-order valence-electron chi connectivity index (χ4n) is 1.70. The first-order chi connectivity index (χ1) is 8.58. The number of rotatable bonds is 5. The summed E-state index contributed by atoms with van der Waals surface area (Å²) >= 11 is 9.51. The molecular formula is C14H18ClNS2. The Hall–Kier alpha value is -0.350. The van der Waals surface area contributed by atoms with Gasteiger partial charge in [0.2, 0.25) is 0 Å². The minimum absolute atomic E-state index is 0.264. The predicted molar refractivity (Wildman–Crippen MR) is 82.9 cm³/mol. The van der Waals surface area contributed by atoms with Crippen molar-refractivity contribution in [2.45, 2.75) is 32.9 Å². The van der Waals surface area contributed by atoms with E-state index in [9.17, 15) is 0 Å². The highest BCUT2D eigenvalue weighted by Gasteiger charge is 2.20. The molecule has 1 N–H and O–H groups in total. The minimum Gasteiger partial charge on any atom is -0.302 e. The summed E-state index contributed by atoms with van der Waals surface area (Å²) in [5, 5.41) is 5.83. The zero-order chi connectivity index (χ0) is 13.1. The number of hydrogen-bond donors (Lipinski definition) is 1. The van der Waals surface area contributed by atoms with Gasteiger partial charge in [0.25, 0.3) is 0 Å². The third-order valence-corrected chi connectivity index (χ3v) is 5.37. The summed E-state index contributed by atoms with van der Waals surface area (Å²) in [5.41, 5.74) is 0. The van der Waals surface area contributed by atoms with Gasteiger partial charge in [-0.05, 0) is 36.4 Å². The van der Waals surface area contributed by atoms with Gasteiger partial charge in [-0.2, -0.15) is 0 Å². The normalized spacial score (nSPS) is 14.9. The van der Waals surface area contributed by atoms with Crippen molar-refractivity contribution >= 4 is 34.3 Å². The molecule has 2 aromatic rings. The Morgan fingerprint density at radius 2 is 1.89 bits per heavy atom. The lowest BCUT2D eigenvalue weighted by Crippen LogP contribution is -2.34. The number of hydrogen-bond acceptors (Lipinski definition) is 3. The van der Waals surface area contributed by atoms with E-state index in [0.29, 0.717) is 12.0 Å². The molecule has 0 fully saturated rings. The summed E-state index contributed by atoms with van der Waals surface area (Å²) in [5.74, 6) is 0.614. The Morgan fingerprint density at radius 1 is 1.11 bits per heavy atom. The Balaban J connectivity index is 2.24. The highest BCUT2D eigenvalue weighted by atomic mass is 35.5. The van der Waals surface area contributed by atoms with Crippen LogP contribution in [-0.4, -0.2) is 6.04 Å². The van der Waals surface area contributed by atoms with E-state index in [0.717, 1.165) is 4.34 Å². The fourth-order valence-corrected chi connectivity index (χ4v) is 3.72. The van der Waals surface area contributed by atoms with Crippen LogP contribution in [-0.2, 0) is 0 Å². The summed E-state index contributed by atoms with van der Waals surface area (Å²) in [6.45, 7) is 6.72. The maximum atomic E-state index is 6.06. The number of thiophene rings is 2.